The van der Waals surface area contributed by atoms with Crippen LogP contribution >= 0.6 is 15.9 Å². The van der Waals surface area contributed by atoms with Crippen molar-refractivity contribution in [2.75, 3.05) is 20.8 Å². The maximum atomic E-state index is 12.3. The smallest absolute Gasteiger partial charge is 0.338 e. The van der Waals surface area contributed by atoms with E-state index in [1.54, 1.807) is 19.2 Å². The minimum atomic E-state index is -0.597. The van der Waals surface area contributed by atoms with Crippen molar-refractivity contribution in [3.05, 3.63) is 58.1 Å². The van der Waals surface area contributed by atoms with Gasteiger partial charge in [0.15, 0.2) is 18.1 Å². The molecule has 0 unspecified atom stereocenters. The van der Waals surface area contributed by atoms with E-state index in [9.17, 15) is 9.59 Å². The number of esters is 1. The van der Waals surface area contributed by atoms with Crippen LogP contribution in [0.4, 0.5) is 0 Å². The van der Waals surface area contributed by atoms with Crippen LogP contribution in [0.5, 0.6) is 11.5 Å². The Morgan fingerprint density at radius 3 is 2.36 bits per heavy atom. The van der Waals surface area contributed by atoms with Crippen molar-refractivity contribution >= 4 is 27.8 Å². The number of amides is 1. The Balaban J connectivity index is 1.93. The normalized spacial score (nSPS) is 10.5. The fourth-order valence-corrected chi connectivity index (χ4v) is 2.68. The SMILES string of the molecule is COc1cc(C(=O)OCC(=O)N(C)Cc2ccc(Br)cc2)ccc1OC(C)C. The number of carbonyl (C=O) groups excluding carboxylic acids is 2. The molecule has 0 N–H and O–H groups in total. The summed E-state index contributed by atoms with van der Waals surface area (Å²) in [6, 6.07) is 12.4. The topological polar surface area (TPSA) is 65.1 Å². The summed E-state index contributed by atoms with van der Waals surface area (Å²) in [5, 5.41) is 0. The molecule has 2 rings (SSSR count). The summed E-state index contributed by atoms with van der Waals surface area (Å²) in [5.41, 5.74) is 1.27. The van der Waals surface area contributed by atoms with E-state index in [-0.39, 0.29) is 24.2 Å². The molecule has 2 aromatic rings. The van der Waals surface area contributed by atoms with Gasteiger partial charge in [-0.25, -0.2) is 4.79 Å². The van der Waals surface area contributed by atoms with E-state index in [1.807, 2.05) is 38.1 Å². The van der Waals surface area contributed by atoms with Gasteiger partial charge < -0.3 is 19.1 Å². The summed E-state index contributed by atoms with van der Waals surface area (Å²) in [6.07, 6.45) is -0.0226. The molecule has 1 amide bonds. The van der Waals surface area contributed by atoms with Gasteiger partial charge in [0, 0.05) is 18.1 Å². The monoisotopic (exact) mass is 449 g/mol. The molecule has 0 aliphatic heterocycles. The fraction of sp³-hybridized carbons (Fsp3) is 0.333. The summed E-state index contributed by atoms with van der Waals surface area (Å²) in [5.74, 6) is 0.0870. The first-order chi connectivity index (χ1) is 13.3. The Labute approximate surface area is 173 Å². The second kappa shape index (κ2) is 10.1. The zero-order valence-electron chi connectivity index (χ0n) is 16.4. The molecule has 0 aliphatic carbocycles. The molecule has 7 heteroatoms. The van der Waals surface area contributed by atoms with Crippen molar-refractivity contribution in [1.29, 1.82) is 0 Å². The summed E-state index contributed by atoms with van der Waals surface area (Å²) in [6.45, 7) is 3.90. The molecule has 0 spiro atoms. The number of carbonyl (C=O) groups is 2. The summed E-state index contributed by atoms with van der Waals surface area (Å²) >= 11 is 3.37. The lowest BCUT2D eigenvalue weighted by atomic mass is 10.2. The highest BCUT2D eigenvalue weighted by Gasteiger charge is 2.16. The van der Waals surface area contributed by atoms with Crippen LogP contribution in [-0.2, 0) is 16.1 Å². The molecule has 150 valence electrons. The van der Waals surface area contributed by atoms with Gasteiger partial charge in [0.25, 0.3) is 5.91 Å². The number of benzene rings is 2. The minimum Gasteiger partial charge on any atom is -0.493 e. The first-order valence-corrected chi connectivity index (χ1v) is 9.59. The van der Waals surface area contributed by atoms with Gasteiger partial charge in [0.05, 0.1) is 18.8 Å². The van der Waals surface area contributed by atoms with Crippen molar-refractivity contribution in [3.63, 3.8) is 0 Å². The summed E-state index contributed by atoms with van der Waals surface area (Å²) in [4.78, 5) is 26.0. The van der Waals surface area contributed by atoms with E-state index in [0.717, 1.165) is 10.0 Å². The van der Waals surface area contributed by atoms with E-state index in [0.29, 0.717) is 18.0 Å². The van der Waals surface area contributed by atoms with Crippen molar-refractivity contribution in [2.24, 2.45) is 0 Å². The number of likely N-dealkylation sites (N-methyl/N-ethyl adjacent to an activating group) is 1. The van der Waals surface area contributed by atoms with Crippen LogP contribution in [0.2, 0.25) is 0 Å². The summed E-state index contributed by atoms with van der Waals surface area (Å²) in [7, 11) is 3.16. The predicted octanol–water partition coefficient (Wildman–Crippen LogP) is 4.06. The number of methoxy groups -OCH3 is 1. The molecule has 0 heterocycles. The number of nitrogens with zero attached hydrogens (tertiary/aromatic N) is 1. The lowest BCUT2D eigenvalue weighted by Crippen LogP contribution is -2.30. The number of halogens is 1. The van der Waals surface area contributed by atoms with Crippen LogP contribution in [-0.4, -0.2) is 43.6 Å². The maximum Gasteiger partial charge on any atom is 0.338 e. The Kier molecular flexibility index (Phi) is 7.87. The average Bonchev–Trinajstić information content (AvgIpc) is 2.67. The van der Waals surface area contributed by atoms with Gasteiger partial charge in [0.1, 0.15) is 0 Å². The number of rotatable bonds is 8. The third kappa shape index (κ3) is 6.27. The van der Waals surface area contributed by atoms with Crippen molar-refractivity contribution in [3.8, 4) is 11.5 Å². The van der Waals surface area contributed by atoms with E-state index < -0.39 is 5.97 Å². The van der Waals surface area contributed by atoms with Crippen molar-refractivity contribution < 1.29 is 23.8 Å². The minimum absolute atomic E-state index is 0.0226. The first-order valence-electron chi connectivity index (χ1n) is 8.80. The molecular formula is C21H24BrNO5. The Morgan fingerprint density at radius 1 is 1.07 bits per heavy atom. The van der Waals surface area contributed by atoms with Gasteiger partial charge >= 0.3 is 5.97 Å². The molecular weight excluding hydrogens is 426 g/mol. The third-order valence-electron chi connectivity index (χ3n) is 3.85. The molecule has 0 radical (unpaired) electrons. The van der Waals surface area contributed by atoms with Crippen LogP contribution in [0.1, 0.15) is 29.8 Å². The summed E-state index contributed by atoms with van der Waals surface area (Å²) < 4.78 is 17.0. The Morgan fingerprint density at radius 2 is 1.75 bits per heavy atom. The van der Waals surface area contributed by atoms with Gasteiger partial charge in [-0.1, -0.05) is 28.1 Å². The van der Waals surface area contributed by atoms with E-state index in [2.05, 4.69) is 15.9 Å². The molecule has 0 saturated carbocycles. The van der Waals surface area contributed by atoms with Crippen LogP contribution in [0.15, 0.2) is 46.9 Å². The first kappa shape index (κ1) is 21.8. The second-order valence-electron chi connectivity index (χ2n) is 6.48. The van der Waals surface area contributed by atoms with Gasteiger partial charge in [-0.3, -0.25) is 4.79 Å². The standard InChI is InChI=1S/C21H24BrNO5/c1-14(2)28-18-10-7-16(11-19(18)26-4)21(25)27-13-20(24)23(3)12-15-5-8-17(22)9-6-15/h5-11,14H,12-13H2,1-4H3. The maximum absolute atomic E-state index is 12.3. The highest BCUT2D eigenvalue weighted by Crippen LogP contribution is 2.29. The molecule has 2 aromatic carbocycles. The molecule has 6 nitrogen and oxygen atoms in total. The third-order valence-corrected chi connectivity index (χ3v) is 4.38. The van der Waals surface area contributed by atoms with Gasteiger partial charge in [-0.15, -0.1) is 0 Å². The van der Waals surface area contributed by atoms with E-state index in [1.165, 1.54) is 18.1 Å². The molecule has 0 bridgehead atoms. The number of hydrogen-bond acceptors (Lipinski definition) is 5. The fourth-order valence-electron chi connectivity index (χ4n) is 2.42. The van der Waals surface area contributed by atoms with Crippen LogP contribution in [0, 0.1) is 0 Å². The van der Waals surface area contributed by atoms with Crippen LogP contribution in [0.25, 0.3) is 0 Å². The molecule has 0 aromatic heterocycles. The zero-order chi connectivity index (χ0) is 20.7. The van der Waals surface area contributed by atoms with Gasteiger partial charge in [-0.05, 0) is 49.7 Å². The van der Waals surface area contributed by atoms with Crippen molar-refractivity contribution in [1.82, 2.24) is 4.90 Å². The molecule has 0 atom stereocenters. The van der Waals surface area contributed by atoms with Crippen molar-refractivity contribution in [2.45, 2.75) is 26.5 Å². The highest BCUT2D eigenvalue weighted by molar-refractivity contribution is 9.10. The van der Waals surface area contributed by atoms with Crippen LogP contribution < -0.4 is 9.47 Å². The van der Waals surface area contributed by atoms with E-state index in [4.69, 9.17) is 14.2 Å². The molecule has 0 fully saturated rings. The number of ether oxygens (including phenoxy) is 3. The number of hydrogen-bond donors (Lipinski definition) is 0. The van der Waals surface area contributed by atoms with Gasteiger partial charge in [0.2, 0.25) is 0 Å². The highest BCUT2D eigenvalue weighted by atomic mass is 79.9. The lowest BCUT2D eigenvalue weighted by molar-refractivity contribution is -0.133. The lowest BCUT2D eigenvalue weighted by Gasteiger charge is -2.17. The van der Waals surface area contributed by atoms with E-state index >= 15 is 0 Å². The Bertz CT molecular complexity index is 820. The predicted molar refractivity (Wildman–Crippen MR) is 110 cm³/mol. The average molecular weight is 450 g/mol. The second-order valence-corrected chi connectivity index (χ2v) is 7.40. The Hall–Kier alpha value is -2.54. The molecule has 0 aliphatic rings. The van der Waals surface area contributed by atoms with Crippen LogP contribution in [0.3, 0.4) is 0 Å². The zero-order valence-corrected chi connectivity index (χ0v) is 18.0. The van der Waals surface area contributed by atoms with Gasteiger partial charge in [-0.2, -0.15) is 0 Å². The largest absolute Gasteiger partial charge is 0.493 e. The quantitative estimate of drug-likeness (QED) is 0.568. The molecule has 0 saturated heterocycles. The molecule has 28 heavy (non-hydrogen) atoms.